The van der Waals surface area contributed by atoms with Gasteiger partial charge in [-0.3, -0.25) is 0 Å². The zero-order valence-electron chi connectivity index (χ0n) is 4.57. The van der Waals surface area contributed by atoms with Crippen molar-refractivity contribution in [2.24, 2.45) is 0 Å². The molecule has 1 heterocycles. The SMILES string of the molecule is C#CC[n+]1cc([S-])on1. The highest BCUT2D eigenvalue weighted by molar-refractivity contribution is 7.58. The van der Waals surface area contributed by atoms with Crippen molar-refractivity contribution < 1.29 is 9.20 Å². The summed E-state index contributed by atoms with van der Waals surface area (Å²) in [5.41, 5.74) is 0. The summed E-state index contributed by atoms with van der Waals surface area (Å²) in [7, 11) is 0. The molecular weight excluding hydrogens is 136 g/mol. The topological polar surface area (TPSA) is 29.9 Å². The third-order valence-electron chi connectivity index (χ3n) is 0.743. The lowest BCUT2D eigenvalue weighted by Gasteiger charge is -1.80. The van der Waals surface area contributed by atoms with E-state index in [9.17, 15) is 0 Å². The van der Waals surface area contributed by atoms with Crippen molar-refractivity contribution in [2.75, 3.05) is 0 Å². The van der Waals surface area contributed by atoms with Crippen LogP contribution in [0.15, 0.2) is 15.8 Å². The molecule has 3 nitrogen and oxygen atoms in total. The first-order valence-corrected chi connectivity index (χ1v) is 2.70. The molecule has 1 aromatic heterocycles. The largest absolute Gasteiger partial charge is 0.733 e. The quantitative estimate of drug-likeness (QED) is 0.299. The molecule has 1 rings (SSSR count). The molecule has 0 saturated heterocycles. The van der Waals surface area contributed by atoms with Crippen LogP contribution in [-0.4, -0.2) is 5.27 Å². The molecule has 0 radical (unpaired) electrons. The van der Waals surface area contributed by atoms with Crippen molar-refractivity contribution in [2.45, 2.75) is 11.6 Å². The van der Waals surface area contributed by atoms with Crippen LogP contribution >= 0.6 is 0 Å². The van der Waals surface area contributed by atoms with E-state index in [-0.39, 0.29) is 0 Å². The van der Waals surface area contributed by atoms with Crippen molar-refractivity contribution in [3.63, 3.8) is 0 Å². The molecule has 0 aromatic carbocycles. The maximum atomic E-state index is 4.98. The molecule has 0 N–H and O–H groups in total. The lowest BCUT2D eigenvalue weighted by molar-refractivity contribution is -0.751. The summed E-state index contributed by atoms with van der Waals surface area (Å²) in [6.07, 6.45) is 6.55. The van der Waals surface area contributed by atoms with Gasteiger partial charge in [0.25, 0.3) is 0 Å². The van der Waals surface area contributed by atoms with Gasteiger partial charge in [0.05, 0.1) is 5.09 Å². The third-order valence-corrected chi connectivity index (χ3v) is 0.923. The molecule has 0 aliphatic carbocycles. The molecule has 0 fully saturated rings. The summed E-state index contributed by atoms with van der Waals surface area (Å²) in [4.78, 5) is 0. The summed E-state index contributed by atoms with van der Waals surface area (Å²) in [6.45, 7) is 0.403. The predicted octanol–water partition coefficient (Wildman–Crippen LogP) is -0.499. The lowest BCUT2D eigenvalue weighted by atomic mass is 10.7. The van der Waals surface area contributed by atoms with E-state index in [1.807, 2.05) is 0 Å². The molecule has 0 atom stereocenters. The Kier molecular flexibility index (Phi) is 1.66. The van der Waals surface area contributed by atoms with Gasteiger partial charge in [0.2, 0.25) is 12.7 Å². The minimum Gasteiger partial charge on any atom is -0.733 e. The van der Waals surface area contributed by atoms with E-state index < -0.39 is 0 Å². The summed E-state index contributed by atoms with van der Waals surface area (Å²) in [6, 6.07) is 0. The van der Waals surface area contributed by atoms with Gasteiger partial charge in [-0.1, -0.05) is 0 Å². The maximum Gasteiger partial charge on any atom is 0.238 e. The molecule has 46 valence electrons. The zero-order valence-corrected chi connectivity index (χ0v) is 5.39. The van der Waals surface area contributed by atoms with Crippen molar-refractivity contribution in [3.05, 3.63) is 6.20 Å². The van der Waals surface area contributed by atoms with Gasteiger partial charge in [-0.2, -0.15) is 0 Å². The molecule has 0 saturated carbocycles. The Morgan fingerprint density at radius 1 is 2.00 bits per heavy atom. The standard InChI is InChI=1S/C5H4N2OS/c1-2-3-7-4-5(9)8-6-7/h1,4H,3H2. The fourth-order valence-electron chi connectivity index (χ4n) is 0.430. The normalized spacial score (nSPS) is 8.78. The third kappa shape index (κ3) is 1.40. The highest BCUT2D eigenvalue weighted by Gasteiger charge is 1.98. The van der Waals surface area contributed by atoms with E-state index in [4.69, 9.17) is 6.42 Å². The van der Waals surface area contributed by atoms with Gasteiger partial charge < -0.3 is 17.2 Å². The van der Waals surface area contributed by atoms with Crippen molar-refractivity contribution in [1.82, 2.24) is 5.27 Å². The van der Waals surface area contributed by atoms with E-state index in [1.54, 1.807) is 6.20 Å². The van der Waals surface area contributed by atoms with E-state index >= 15 is 0 Å². The first-order chi connectivity index (χ1) is 4.33. The highest BCUT2D eigenvalue weighted by atomic mass is 32.1. The first kappa shape index (κ1) is 6.05. The molecule has 1 aromatic rings. The predicted molar refractivity (Wildman–Crippen MR) is 31.2 cm³/mol. The number of nitrogens with zero attached hydrogens (tertiary/aromatic N) is 2. The minimum absolute atomic E-state index is 0.352. The van der Waals surface area contributed by atoms with E-state index in [1.165, 1.54) is 4.68 Å². The average Bonchev–Trinajstić information content (AvgIpc) is 2.17. The Hall–Kier alpha value is -1.08. The highest BCUT2D eigenvalue weighted by Crippen LogP contribution is 1.85. The lowest BCUT2D eigenvalue weighted by Crippen LogP contribution is -2.33. The van der Waals surface area contributed by atoms with Crippen LogP contribution in [0.4, 0.5) is 0 Å². The van der Waals surface area contributed by atoms with E-state index in [0.717, 1.165) is 0 Å². The second-order valence-corrected chi connectivity index (χ2v) is 1.83. The first-order valence-electron chi connectivity index (χ1n) is 2.30. The van der Waals surface area contributed by atoms with Gasteiger partial charge in [-0.25, -0.2) is 0 Å². The molecule has 0 amide bonds. The van der Waals surface area contributed by atoms with Gasteiger partial charge in [0.1, 0.15) is 0 Å². The minimum atomic E-state index is 0.352. The second-order valence-electron chi connectivity index (χ2n) is 1.42. The van der Waals surface area contributed by atoms with Crippen molar-refractivity contribution in [3.8, 4) is 12.3 Å². The Morgan fingerprint density at radius 3 is 3.22 bits per heavy atom. The summed E-state index contributed by atoms with van der Waals surface area (Å²) >= 11 is 4.63. The summed E-state index contributed by atoms with van der Waals surface area (Å²) in [5.74, 6) is 2.39. The molecule has 0 unspecified atom stereocenters. The molecule has 0 bridgehead atoms. The summed E-state index contributed by atoms with van der Waals surface area (Å²) < 4.78 is 6.01. The molecule has 4 heteroatoms. The van der Waals surface area contributed by atoms with Crippen molar-refractivity contribution >= 4 is 12.6 Å². The van der Waals surface area contributed by atoms with Gasteiger partial charge in [-0.05, 0) is 10.6 Å². The van der Waals surface area contributed by atoms with Crippen LogP contribution in [0.5, 0.6) is 0 Å². The average molecular weight is 140 g/mol. The van der Waals surface area contributed by atoms with Crippen LogP contribution in [-0.2, 0) is 19.2 Å². The number of rotatable bonds is 1. The molecule has 0 spiro atoms. The van der Waals surface area contributed by atoms with Crippen LogP contribution in [0.3, 0.4) is 0 Å². The molecular formula is C5H4N2OS. The number of aromatic nitrogens is 2. The fourth-order valence-corrected chi connectivity index (χ4v) is 0.585. The summed E-state index contributed by atoms with van der Waals surface area (Å²) in [5, 5.41) is 3.85. The number of hydrogen-bond acceptors (Lipinski definition) is 3. The Labute approximate surface area is 58.0 Å². The van der Waals surface area contributed by atoms with Gasteiger partial charge in [0, 0.05) is 0 Å². The Morgan fingerprint density at radius 2 is 2.78 bits per heavy atom. The molecule has 9 heavy (non-hydrogen) atoms. The van der Waals surface area contributed by atoms with E-state index in [0.29, 0.717) is 11.6 Å². The van der Waals surface area contributed by atoms with Crippen LogP contribution < -0.4 is 4.68 Å². The van der Waals surface area contributed by atoms with Crippen LogP contribution in [0.1, 0.15) is 0 Å². The Balaban J connectivity index is 2.76. The number of hydrogen-bond donors (Lipinski definition) is 0. The van der Waals surface area contributed by atoms with Gasteiger partial charge >= 0.3 is 0 Å². The molecule has 0 aliphatic heterocycles. The van der Waals surface area contributed by atoms with Crippen LogP contribution in [0.2, 0.25) is 0 Å². The van der Waals surface area contributed by atoms with Gasteiger partial charge in [-0.15, -0.1) is 6.42 Å². The molecule has 0 aliphatic rings. The Bertz CT molecular complexity index is 237. The van der Waals surface area contributed by atoms with Crippen LogP contribution in [0.25, 0.3) is 0 Å². The number of terminal acetylenes is 1. The second kappa shape index (κ2) is 2.46. The smallest absolute Gasteiger partial charge is 0.238 e. The zero-order chi connectivity index (χ0) is 6.69. The van der Waals surface area contributed by atoms with Gasteiger partial charge in [0.15, 0.2) is 5.27 Å². The van der Waals surface area contributed by atoms with Crippen LogP contribution in [0, 0.1) is 12.3 Å². The maximum absolute atomic E-state index is 4.98. The fraction of sp³-hybridized carbons (Fsp3) is 0.200. The van der Waals surface area contributed by atoms with E-state index in [2.05, 4.69) is 28.3 Å². The van der Waals surface area contributed by atoms with Crippen molar-refractivity contribution in [1.29, 1.82) is 0 Å². The monoisotopic (exact) mass is 140 g/mol.